The number of methoxy groups -OCH3 is 1. The van der Waals surface area contributed by atoms with Crippen LogP contribution in [0, 0.1) is 0 Å². The minimum atomic E-state index is -2.74. The number of nitrogens with zero attached hydrogens (tertiary/aromatic N) is 4. The molecule has 0 aliphatic carbocycles. The molecule has 2 heterocycles. The highest BCUT2D eigenvalue weighted by Crippen LogP contribution is 2.37. The summed E-state index contributed by atoms with van der Waals surface area (Å²) >= 11 is 0. The maximum Gasteiger partial charge on any atom is 0.411 e. The van der Waals surface area contributed by atoms with Gasteiger partial charge in [0.25, 0.3) is 8.32 Å². The number of anilines is 2. The molecule has 0 bridgehead atoms. The molecule has 1 amide bonds. The summed E-state index contributed by atoms with van der Waals surface area (Å²) in [6.07, 6.45) is 2.78. The summed E-state index contributed by atoms with van der Waals surface area (Å²) in [6, 6.07) is 26.7. The number of benzene rings is 3. The van der Waals surface area contributed by atoms with Crippen molar-refractivity contribution < 1.29 is 24.2 Å². The van der Waals surface area contributed by atoms with E-state index >= 15 is 0 Å². The zero-order valence-corrected chi connectivity index (χ0v) is 31.6. The fraction of sp³-hybridized carbons (Fsp3) is 0.385. The Morgan fingerprint density at radius 2 is 1.59 bits per heavy atom. The van der Waals surface area contributed by atoms with E-state index in [1.54, 1.807) is 31.8 Å². The van der Waals surface area contributed by atoms with Gasteiger partial charge < -0.3 is 24.7 Å². The van der Waals surface area contributed by atoms with Gasteiger partial charge in [0.05, 0.1) is 25.5 Å². The maximum absolute atomic E-state index is 11.6. The Hall–Kier alpha value is -4.78. The zero-order valence-electron chi connectivity index (χ0n) is 30.6. The number of aromatic nitrogens is 4. The second-order valence-electron chi connectivity index (χ2n) is 14.4. The summed E-state index contributed by atoms with van der Waals surface area (Å²) < 4.78 is 14.7. The first-order chi connectivity index (χ1) is 24.3. The molecule has 2 aromatic heterocycles. The average molecular weight is 711 g/mol. The molecule has 270 valence electrons. The molecule has 0 saturated carbocycles. The molecule has 0 saturated heterocycles. The highest BCUT2D eigenvalue weighted by Gasteiger charge is 2.50. The van der Waals surface area contributed by atoms with Crippen LogP contribution in [0.15, 0.2) is 85.1 Å². The van der Waals surface area contributed by atoms with Gasteiger partial charge in [-0.05, 0) is 53.7 Å². The molecule has 12 heteroatoms. The summed E-state index contributed by atoms with van der Waals surface area (Å²) in [7, 11) is -1.14. The van der Waals surface area contributed by atoms with E-state index in [0.717, 1.165) is 24.0 Å². The molecule has 0 aliphatic heterocycles. The van der Waals surface area contributed by atoms with Gasteiger partial charge in [0.1, 0.15) is 16.8 Å². The van der Waals surface area contributed by atoms with E-state index < -0.39 is 20.0 Å². The molecule has 0 fully saturated rings. The van der Waals surface area contributed by atoms with Crippen molar-refractivity contribution in [3.8, 4) is 5.75 Å². The topological polar surface area (TPSA) is 144 Å². The molecule has 11 nitrogen and oxygen atoms in total. The lowest BCUT2D eigenvalue weighted by Gasteiger charge is -2.43. The maximum atomic E-state index is 11.6. The van der Waals surface area contributed by atoms with Crippen molar-refractivity contribution in [2.45, 2.75) is 84.0 Å². The van der Waals surface area contributed by atoms with Crippen molar-refractivity contribution in [1.29, 1.82) is 0 Å². The number of amides is 1. The third-order valence-corrected chi connectivity index (χ3v) is 14.2. The van der Waals surface area contributed by atoms with Gasteiger partial charge in [-0.1, -0.05) is 107 Å². The molecule has 4 N–H and O–H groups in total. The van der Waals surface area contributed by atoms with Gasteiger partial charge in [-0.2, -0.15) is 10.1 Å². The third-order valence-electron chi connectivity index (χ3n) is 9.20. The van der Waals surface area contributed by atoms with Crippen molar-refractivity contribution in [2.75, 3.05) is 24.4 Å². The smallest absolute Gasteiger partial charge is 0.411 e. The molecule has 0 radical (unpaired) electrons. The highest BCUT2D eigenvalue weighted by molar-refractivity contribution is 6.99. The van der Waals surface area contributed by atoms with E-state index in [-0.39, 0.29) is 17.0 Å². The Kier molecular flexibility index (Phi) is 11.5. The zero-order chi connectivity index (χ0) is 36.8. The average Bonchev–Trinajstić information content (AvgIpc) is 3.49. The Morgan fingerprint density at radius 1 is 0.941 bits per heavy atom. The number of carboxylic acid groups (broad SMARTS) is 1. The molecule has 5 rings (SSSR count). The van der Waals surface area contributed by atoms with Crippen molar-refractivity contribution in [1.82, 2.24) is 19.7 Å². The first kappa shape index (κ1) is 37.5. The number of rotatable bonds is 15. The monoisotopic (exact) mass is 710 g/mol. The van der Waals surface area contributed by atoms with E-state index in [9.17, 15) is 15.0 Å². The number of hydrogen-bond acceptors (Lipinski definition) is 8. The second kappa shape index (κ2) is 15.6. The van der Waals surface area contributed by atoms with Gasteiger partial charge in [0.2, 0.25) is 5.95 Å². The van der Waals surface area contributed by atoms with Gasteiger partial charge >= 0.3 is 6.09 Å². The van der Waals surface area contributed by atoms with Crippen molar-refractivity contribution in [2.24, 2.45) is 0 Å². The molecule has 0 unspecified atom stereocenters. The molecule has 51 heavy (non-hydrogen) atoms. The summed E-state index contributed by atoms with van der Waals surface area (Å²) in [5.41, 5.74) is 1.66. The number of hydrogen-bond donors (Lipinski definition) is 4. The molecule has 3 aromatic carbocycles. The first-order valence-corrected chi connectivity index (χ1v) is 19.3. The quantitative estimate of drug-likeness (QED) is 0.0868. The molecule has 0 spiro atoms. The van der Waals surface area contributed by atoms with Gasteiger partial charge in [-0.15, -0.1) is 0 Å². The predicted octanol–water partition coefficient (Wildman–Crippen LogP) is 6.75. The van der Waals surface area contributed by atoms with Crippen LogP contribution in [0.3, 0.4) is 0 Å². The first-order valence-electron chi connectivity index (χ1n) is 17.4. The summed E-state index contributed by atoms with van der Waals surface area (Å²) in [5.74, 6) is 1.04. The lowest BCUT2D eigenvalue weighted by Crippen LogP contribution is -2.66. The number of ether oxygens (including phenoxy) is 1. The van der Waals surface area contributed by atoms with Gasteiger partial charge in [-0.25, -0.2) is 9.78 Å². The van der Waals surface area contributed by atoms with Crippen molar-refractivity contribution in [3.63, 3.8) is 0 Å². The van der Waals surface area contributed by atoms with Crippen LogP contribution in [0.2, 0.25) is 5.04 Å². The number of nitrogens with one attached hydrogen (secondary N) is 2. The van der Waals surface area contributed by atoms with E-state index in [1.807, 2.05) is 30.3 Å². The predicted molar refractivity (Wildman–Crippen MR) is 205 cm³/mol. The molecule has 0 aliphatic rings. The Balaban J connectivity index is 1.49. The fourth-order valence-electron chi connectivity index (χ4n) is 6.73. The summed E-state index contributed by atoms with van der Waals surface area (Å²) in [6.45, 7) is 13.2. The third kappa shape index (κ3) is 8.41. The van der Waals surface area contributed by atoms with E-state index in [4.69, 9.17) is 9.16 Å². The van der Waals surface area contributed by atoms with Gasteiger partial charge in [0, 0.05) is 18.2 Å². The number of aliphatic hydroxyl groups is 1. The largest absolute Gasteiger partial charge is 0.496 e. The highest BCUT2D eigenvalue weighted by atomic mass is 28.4. The van der Waals surface area contributed by atoms with Crippen LogP contribution in [-0.2, 0) is 16.6 Å². The standard InChI is InChI=1S/C39H50N6O5Si/c1-8-15-29(22-23-50-51(38(2,3)4,30-16-11-9-12-17-30)31-18-13-10-14-19-31)41-35-34-32(42-36(43-35)44-37(46)47)25-40-45(34)26-27-20-21-28(39(5,6)48)24-33(27)49-7/h9-14,16-21,24-25,29,48H,8,15,22-23,26H2,1-7H3,(H,46,47)(H2,41,42,43,44)/t29-/m0/s1. The van der Waals surface area contributed by atoms with Crippen LogP contribution in [0.4, 0.5) is 16.6 Å². The van der Waals surface area contributed by atoms with Crippen molar-refractivity contribution in [3.05, 3.63) is 96.2 Å². The molecular weight excluding hydrogens is 661 g/mol. The summed E-state index contributed by atoms with van der Waals surface area (Å²) in [4.78, 5) is 20.7. The van der Waals surface area contributed by atoms with Gasteiger partial charge in [0.15, 0.2) is 5.82 Å². The fourth-order valence-corrected chi connectivity index (χ4v) is 11.3. The number of fused-ring (bicyclic) bond motifs is 1. The van der Waals surface area contributed by atoms with E-state index in [1.165, 1.54) is 10.4 Å². The van der Waals surface area contributed by atoms with Crippen LogP contribution in [0.25, 0.3) is 11.0 Å². The van der Waals surface area contributed by atoms with Crippen molar-refractivity contribution >= 4 is 47.6 Å². The van der Waals surface area contributed by atoms with Crippen LogP contribution < -0.4 is 25.7 Å². The molecule has 5 aromatic rings. The van der Waals surface area contributed by atoms with Crippen LogP contribution in [0.5, 0.6) is 5.75 Å². The van der Waals surface area contributed by atoms with Crippen LogP contribution >= 0.6 is 0 Å². The van der Waals surface area contributed by atoms with E-state index in [2.05, 4.69) is 102 Å². The lowest BCUT2D eigenvalue weighted by molar-refractivity contribution is 0.0783. The Bertz CT molecular complexity index is 1880. The second-order valence-corrected chi connectivity index (χ2v) is 18.7. The molecular formula is C39H50N6O5Si. The van der Waals surface area contributed by atoms with Crippen LogP contribution in [-0.4, -0.2) is 64.1 Å². The molecule has 1 atom stereocenters. The summed E-state index contributed by atoms with van der Waals surface area (Å²) in [5, 5.41) is 32.9. The normalized spacial score (nSPS) is 12.9. The SMILES string of the molecule is CCC[C@@H](CCO[Si](c1ccccc1)(c1ccccc1)C(C)(C)C)Nc1nc(NC(=O)O)nc2cnn(Cc3ccc(C(C)(C)O)cc3OC)c12. The lowest BCUT2D eigenvalue weighted by atomic mass is 9.96. The minimum absolute atomic E-state index is 0.0389. The van der Waals surface area contributed by atoms with E-state index in [0.29, 0.717) is 42.2 Å². The minimum Gasteiger partial charge on any atom is -0.496 e. The Labute approximate surface area is 301 Å². The Morgan fingerprint density at radius 3 is 2.14 bits per heavy atom. The van der Waals surface area contributed by atoms with Gasteiger partial charge in [-0.3, -0.25) is 10.00 Å². The number of carbonyl (C=O) groups is 1. The van der Waals surface area contributed by atoms with Crippen LogP contribution in [0.1, 0.15) is 71.9 Å².